The van der Waals surface area contributed by atoms with Crippen molar-refractivity contribution in [3.63, 3.8) is 0 Å². The summed E-state index contributed by atoms with van der Waals surface area (Å²) in [7, 11) is 1.92. The zero-order chi connectivity index (χ0) is 13.5. The molecule has 4 heteroatoms. The molecular formula is C13H25N3O. The fourth-order valence-corrected chi connectivity index (χ4v) is 1.38. The second-order valence-corrected chi connectivity index (χ2v) is 5.11. The lowest BCUT2D eigenvalue weighted by Crippen LogP contribution is -2.51. The molecule has 1 N–H and O–H groups in total. The molecule has 0 aliphatic rings. The lowest BCUT2D eigenvalue weighted by atomic mass is 9.90. The second-order valence-electron chi connectivity index (χ2n) is 5.11. The molecule has 1 atom stereocenters. The van der Waals surface area contributed by atoms with Gasteiger partial charge in [0.15, 0.2) is 0 Å². The minimum absolute atomic E-state index is 0.0821. The van der Waals surface area contributed by atoms with E-state index in [4.69, 9.17) is 5.26 Å². The molecule has 0 aliphatic carbocycles. The normalized spacial score (nSPS) is 14.5. The van der Waals surface area contributed by atoms with Crippen molar-refractivity contribution < 1.29 is 4.79 Å². The van der Waals surface area contributed by atoms with Crippen LogP contribution in [0.5, 0.6) is 0 Å². The minimum atomic E-state index is -0.775. The van der Waals surface area contributed by atoms with Crippen LogP contribution in [-0.2, 0) is 4.79 Å². The summed E-state index contributed by atoms with van der Waals surface area (Å²) in [5.41, 5.74) is -0.775. The van der Waals surface area contributed by atoms with E-state index in [1.807, 2.05) is 25.8 Å². The van der Waals surface area contributed by atoms with Crippen LogP contribution in [0.15, 0.2) is 0 Å². The molecule has 0 spiro atoms. The van der Waals surface area contributed by atoms with Gasteiger partial charge in [0.25, 0.3) is 0 Å². The van der Waals surface area contributed by atoms with E-state index in [-0.39, 0.29) is 11.8 Å². The van der Waals surface area contributed by atoms with Crippen LogP contribution in [0.1, 0.15) is 40.5 Å². The average Bonchev–Trinajstić information content (AvgIpc) is 2.25. The summed E-state index contributed by atoms with van der Waals surface area (Å²) in [6.07, 6.45) is 2.21. The predicted molar refractivity (Wildman–Crippen MR) is 69.4 cm³/mol. The number of nitriles is 1. The van der Waals surface area contributed by atoms with E-state index in [1.54, 1.807) is 6.92 Å². The molecule has 0 aromatic carbocycles. The van der Waals surface area contributed by atoms with Gasteiger partial charge in [-0.1, -0.05) is 27.2 Å². The first-order chi connectivity index (χ1) is 7.85. The monoisotopic (exact) mass is 239 g/mol. The molecule has 1 amide bonds. The Labute approximate surface area is 105 Å². The Morgan fingerprint density at radius 2 is 2.12 bits per heavy atom. The number of rotatable bonds is 7. The number of amides is 1. The van der Waals surface area contributed by atoms with Crippen molar-refractivity contribution in [3.8, 4) is 6.07 Å². The van der Waals surface area contributed by atoms with Crippen LogP contribution < -0.4 is 5.32 Å². The van der Waals surface area contributed by atoms with Crippen molar-refractivity contribution in [3.05, 3.63) is 0 Å². The third-order valence-electron chi connectivity index (χ3n) is 3.09. The Bertz CT molecular complexity index is 283. The summed E-state index contributed by atoms with van der Waals surface area (Å²) in [4.78, 5) is 13.8. The van der Waals surface area contributed by atoms with Crippen LogP contribution in [0, 0.1) is 17.2 Å². The van der Waals surface area contributed by atoms with Crippen LogP contribution >= 0.6 is 0 Å². The quantitative estimate of drug-likeness (QED) is 0.736. The van der Waals surface area contributed by atoms with Crippen LogP contribution in [0.2, 0.25) is 0 Å². The zero-order valence-electron chi connectivity index (χ0n) is 11.7. The maximum atomic E-state index is 11.8. The first kappa shape index (κ1) is 15.9. The Morgan fingerprint density at radius 3 is 2.53 bits per heavy atom. The highest BCUT2D eigenvalue weighted by Crippen LogP contribution is 2.14. The largest absolute Gasteiger partial charge is 0.337 e. The van der Waals surface area contributed by atoms with Crippen molar-refractivity contribution in [2.24, 2.45) is 5.92 Å². The van der Waals surface area contributed by atoms with Gasteiger partial charge in [-0.05, 0) is 32.9 Å². The third-order valence-corrected chi connectivity index (χ3v) is 3.09. The summed E-state index contributed by atoms with van der Waals surface area (Å²) < 4.78 is 0. The van der Waals surface area contributed by atoms with Gasteiger partial charge < -0.3 is 5.32 Å². The van der Waals surface area contributed by atoms with Crippen molar-refractivity contribution >= 4 is 5.91 Å². The van der Waals surface area contributed by atoms with Crippen LogP contribution in [0.3, 0.4) is 0 Å². The van der Waals surface area contributed by atoms with Crippen molar-refractivity contribution in [2.75, 3.05) is 20.1 Å². The molecule has 4 nitrogen and oxygen atoms in total. The molecule has 0 aromatic rings. The predicted octanol–water partition coefficient (Wildman–Crippen LogP) is 1.77. The summed E-state index contributed by atoms with van der Waals surface area (Å²) in [6, 6.07) is 2.17. The van der Waals surface area contributed by atoms with Gasteiger partial charge >= 0.3 is 0 Å². The molecule has 0 aliphatic heterocycles. The molecule has 1 unspecified atom stereocenters. The van der Waals surface area contributed by atoms with E-state index in [0.717, 1.165) is 19.4 Å². The Morgan fingerprint density at radius 1 is 1.53 bits per heavy atom. The number of nitrogens with zero attached hydrogens (tertiary/aromatic N) is 2. The van der Waals surface area contributed by atoms with E-state index >= 15 is 0 Å². The lowest BCUT2D eigenvalue weighted by molar-refractivity contribution is -0.123. The SMILES string of the molecule is CCCCN(C)CC(=O)NC(C)(C#N)C(C)C. The van der Waals surface area contributed by atoms with Gasteiger partial charge in [-0.25, -0.2) is 0 Å². The van der Waals surface area contributed by atoms with Crippen LogP contribution in [0.25, 0.3) is 0 Å². The highest BCUT2D eigenvalue weighted by molar-refractivity contribution is 5.79. The number of likely N-dealkylation sites (N-methyl/N-ethyl adjacent to an activating group) is 1. The van der Waals surface area contributed by atoms with Crippen molar-refractivity contribution in [2.45, 2.75) is 46.1 Å². The van der Waals surface area contributed by atoms with E-state index in [2.05, 4.69) is 18.3 Å². The summed E-state index contributed by atoms with van der Waals surface area (Å²) in [5, 5.41) is 11.9. The zero-order valence-corrected chi connectivity index (χ0v) is 11.7. The van der Waals surface area contributed by atoms with Gasteiger partial charge in [-0.3, -0.25) is 9.69 Å². The van der Waals surface area contributed by atoms with Crippen molar-refractivity contribution in [1.82, 2.24) is 10.2 Å². The summed E-state index contributed by atoms with van der Waals surface area (Å²) in [5.74, 6) is 0.0127. The number of unbranched alkanes of at least 4 members (excludes halogenated alkanes) is 1. The second kappa shape index (κ2) is 7.29. The molecule has 98 valence electrons. The van der Waals surface area contributed by atoms with Gasteiger partial charge in [0.05, 0.1) is 12.6 Å². The number of hydrogen-bond donors (Lipinski definition) is 1. The number of nitrogens with one attached hydrogen (secondary N) is 1. The topological polar surface area (TPSA) is 56.1 Å². The average molecular weight is 239 g/mol. The third kappa shape index (κ3) is 5.69. The molecule has 0 saturated heterocycles. The molecule has 0 heterocycles. The molecule has 17 heavy (non-hydrogen) atoms. The van der Waals surface area contributed by atoms with E-state index < -0.39 is 5.54 Å². The van der Waals surface area contributed by atoms with E-state index in [1.165, 1.54) is 0 Å². The molecular weight excluding hydrogens is 214 g/mol. The fraction of sp³-hybridized carbons (Fsp3) is 0.846. The highest BCUT2D eigenvalue weighted by Gasteiger charge is 2.29. The molecule has 0 radical (unpaired) electrons. The van der Waals surface area contributed by atoms with E-state index in [0.29, 0.717) is 6.54 Å². The van der Waals surface area contributed by atoms with Gasteiger partial charge in [-0.2, -0.15) is 5.26 Å². The van der Waals surface area contributed by atoms with Crippen LogP contribution in [0.4, 0.5) is 0 Å². The maximum absolute atomic E-state index is 11.8. The summed E-state index contributed by atoms with van der Waals surface area (Å²) in [6.45, 7) is 9.02. The van der Waals surface area contributed by atoms with Gasteiger partial charge in [0.2, 0.25) is 5.91 Å². The lowest BCUT2D eigenvalue weighted by Gasteiger charge is -2.28. The van der Waals surface area contributed by atoms with E-state index in [9.17, 15) is 4.79 Å². The van der Waals surface area contributed by atoms with Gasteiger partial charge in [-0.15, -0.1) is 0 Å². The number of hydrogen-bond acceptors (Lipinski definition) is 3. The Balaban J connectivity index is 4.22. The van der Waals surface area contributed by atoms with Gasteiger partial charge in [0.1, 0.15) is 5.54 Å². The highest BCUT2D eigenvalue weighted by atomic mass is 16.2. The molecule has 0 saturated carbocycles. The first-order valence-electron chi connectivity index (χ1n) is 6.26. The molecule has 0 rings (SSSR count). The minimum Gasteiger partial charge on any atom is -0.337 e. The molecule has 0 bridgehead atoms. The first-order valence-corrected chi connectivity index (χ1v) is 6.26. The van der Waals surface area contributed by atoms with Crippen LogP contribution in [-0.4, -0.2) is 36.5 Å². The number of carbonyl (C=O) groups excluding carboxylic acids is 1. The Kier molecular flexibility index (Phi) is 6.82. The molecule has 0 fully saturated rings. The summed E-state index contributed by atoms with van der Waals surface area (Å²) >= 11 is 0. The molecule has 0 aromatic heterocycles. The Hall–Kier alpha value is -1.08. The van der Waals surface area contributed by atoms with Crippen molar-refractivity contribution in [1.29, 1.82) is 5.26 Å². The smallest absolute Gasteiger partial charge is 0.235 e. The van der Waals surface area contributed by atoms with Gasteiger partial charge in [0, 0.05) is 0 Å². The maximum Gasteiger partial charge on any atom is 0.235 e. The fourth-order valence-electron chi connectivity index (χ4n) is 1.38. The number of carbonyl (C=O) groups is 1. The standard InChI is InChI=1S/C13H25N3O/c1-6-7-8-16(5)9-12(17)15-13(4,10-14)11(2)3/h11H,6-9H2,1-5H3,(H,15,17).